The van der Waals surface area contributed by atoms with E-state index in [9.17, 15) is 14.4 Å². The molecule has 0 amide bonds. The van der Waals surface area contributed by atoms with Gasteiger partial charge in [-0.3, -0.25) is 9.69 Å². The van der Waals surface area contributed by atoms with Crippen LogP contribution in [0, 0.1) is 5.92 Å². The van der Waals surface area contributed by atoms with Gasteiger partial charge in [0.15, 0.2) is 5.78 Å². The smallest absolute Gasteiger partial charge is 0.328 e. The highest BCUT2D eigenvalue weighted by Crippen LogP contribution is 2.30. The maximum absolute atomic E-state index is 13.0. The second-order valence-electron chi connectivity index (χ2n) is 11.0. The Morgan fingerprint density at radius 2 is 1.36 bits per heavy atom. The molecule has 2 N–H and O–H groups in total. The van der Waals surface area contributed by atoms with Gasteiger partial charge in [-0.1, -0.05) is 60.7 Å². The van der Waals surface area contributed by atoms with Crippen molar-refractivity contribution in [3.8, 4) is 0 Å². The number of hydrogen-bond donors (Lipinski definition) is 2. The number of aliphatic carboxylic acids is 2. The van der Waals surface area contributed by atoms with E-state index in [1.807, 2.05) is 0 Å². The molecule has 0 aromatic heterocycles. The molecule has 0 spiro atoms. The Labute approximate surface area is 248 Å². The number of benzene rings is 3. The lowest BCUT2D eigenvalue weighted by atomic mass is 9.89. The highest BCUT2D eigenvalue weighted by Gasteiger charge is 2.22. The van der Waals surface area contributed by atoms with Crippen LogP contribution in [0.4, 0.5) is 5.69 Å². The van der Waals surface area contributed by atoms with Crippen molar-refractivity contribution in [1.29, 1.82) is 0 Å². The van der Waals surface area contributed by atoms with Crippen molar-refractivity contribution in [3.63, 3.8) is 0 Å². The molecule has 3 aromatic rings. The molecule has 0 bridgehead atoms. The molecule has 2 heterocycles. The van der Waals surface area contributed by atoms with Crippen LogP contribution in [0.15, 0.2) is 91.0 Å². The molecule has 1 saturated heterocycles. The second kappa shape index (κ2) is 15.7. The number of rotatable bonds is 10. The van der Waals surface area contributed by atoms with Gasteiger partial charge in [-0.05, 0) is 86.0 Å². The summed E-state index contributed by atoms with van der Waals surface area (Å²) in [6.07, 6.45) is 7.45. The van der Waals surface area contributed by atoms with E-state index >= 15 is 0 Å². The lowest BCUT2D eigenvalue weighted by Crippen LogP contribution is -2.33. The van der Waals surface area contributed by atoms with Gasteiger partial charge in [0.1, 0.15) is 0 Å². The molecule has 7 nitrogen and oxygen atoms in total. The maximum atomic E-state index is 13.0. The fraction of sp³-hybridized carbons (Fsp3) is 0.343. The first-order valence-corrected chi connectivity index (χ1v) is 14.7. The van der Waals surface area contributed by atoms with Crippen molar-refractivity contribution >= 4 is 23.4 Å². The predicted molar refractivity (Wildman–Crippen MR) is 165 cm³/mol. The SMILES string of the molecule is O=C(CCC1CCN(Cc2ccccc2)CC1)c1ccc2c(c1)CCCN2Cc1ccccc1.O=C(O)C=CC(=O)O. The van der Waals surface area contributed by atoms with Crippen LogP contribution in [0.3, 0.4) is 0 Å². The number of hydrogen-bond acceptors (Lipinski definition) is 5. The number of anilines is 1. The van der Waals surface area contributed by atoms with E-state index in [0.717, 1.165) is 57.5 Å². The van der Waals surface area contributed by atoms with Crippen LogP contribution in [-0.4, -0.2) is 52.5 Å². The summed E-state index contributed by atoms with van der Waals surface area (Å²) in [5.74, 6) is -1.52. The average molecular weight is 569 g/mol. The number of carboxylic acids is 2. The Hall–Kier alpha value is -4.23. The first-order chi connectivity index (χ1) is 20.4. The Kier molecular flexibility index (Phi) is 11.5. The number of carbonyl (C=O) groups is 3. The molecule has 0 radical (unpaired) electrons. The molecular weight excluding hydrogens is 528 g/mol. The Morgan fingerprint density at radius 3 is 1.95 bits per heavy atom. The van der Waals surface area contributed by atoms with Gasteiger partial charge in [-0.15, -0.1) is 0 Å². The van der Waals surface area contributed by atoms with Crippen LogP contribution < -0.4 is 4.90 Å². The zero-order valence-corrected chi connectivity index (χ0v) is 24.0. The summed E-state index contributed by atoms with van der Waals surface area (Å²) < 4.78 is 0. The van der Waals surface area contributed by atoms with Gasteiger partial charge in [0.05, 0.1) is 0 Å². The third-order valence-corrected chi connectivity index (χ3v) is 7.94. The predicted octanol–water partition coefficient (Wildman–Crippen LogP) is 6.23. The molecule has 2 aliphatic heterocycles. The first-order valence-electron chi connectivity index (χ1n) is 14.7. The zero-order valence-electron chi connectivity index (χ0n) is 24.0. The second-order valence-corrected chi connectivity index (χ2v) is 11.0. The standard InChI is InChI=1S/C31H36N2O.C4H4O4/c34-31(16-13-25-17-20-32(21-18-25)23-26-8-3-1-4-9-26)29-14-15-30-28(22-29)12-7-19-33(30)24-27-10-5-2-6-11-27;5-3(6)1-2-4(7)8/h1-6,8-11,14-15,22,25H,7,12-13,16-21,23-24H2;1-2H,(H,5,6)(H,7,8). The summed E-state index contributed by atoms with van der Waals surface area (Å²) >= 11 is 0. The highest BCUT2D eigenvalue weighted by atomic mass is 16.4. The van der Waals surface area contributed by atoms with E-state index in [0.29, 0.717) is 30.3 Å². The van der Waals surface area contributed by atoms with E-state index in [2.05, 4.69) is 88.7 Å². The van der Waals surface area contributed by atoms with Crippen LogP contribution in [0.5, 0.6) is 0 Å². The summed E-state index contributed by atoms with van der Waals surface area (Å²) in [5, 5.41) is 15.6. The number of ketones is 1. The number of carboxylic acid groups (broad SMARTS) is 2. The minimum atomic E-state index is -1.26. The van der Waals surface area contributed by atoms with Gasteiger partial charge in [0, 0.05) is 49.5 Å². The molecule has 0 atom stereocenters. The quantitative estimate of drug-likeness (QED) is 0.221. The number of carbonyl (C=O) groups excluding carboxylic acids is 1. The number of Topliss-reactive ketones (excluding diaryl/α,β-unsaturated/α-hetero) is 1. The Balaban J connectivity index is 0.000000446. The third kappa shape index (κ3) is 9.70. The molecular formula is C35H40N2O5. The third-order valence-electron chi connectivity index (χ3n) is 7.94. The minimum absolute atomic E-state index is 0.315. The molecule has 2 aliphatic rings. The molecule has 0 aliphatic carbocycles. The minimum Gasteiger partial charge on any atom is -0.478 e. The van der Waals surface area contributed by atoms with Crippen molar-refractivity contribution in [2.45, 2.75) is 51.6 Å². The number of piperidine rings is 1. The molecule has 7 heteroatoms. The van der Waals surface area contributed by atoms with E-state index in [4.69, 9.17) is 10.2 Å². The fourth-order valence-corrected chi connectivity index (χ4v) is 5.71. The normalized spacial score (nSPS) is 15.5. The zero-order chi connectivity index (χ0) is 29.7. The lowest BCUT2D eigenvalue weighted by Gasteiger charge is -2.32. The summed E-state index contributed by atoms with van der Waals surface area (Å²) in [7, 11) is 0. The van der Waals surface area contributed by atoms with Crippen molar-refractivity contribution in [2.75, 3.05) is 24.5 Å². The summed E-state index contributed by atoms with van der Waals surface area (Å²) in [5.41, 5.74) is 6.28. The average Bonchev–Trinajstić information content (AvgIpc) is 3.01. The molecule has 5 rings (SSSR count). The molecule has 0 unspecified atom stereocenters. The van der Waals surface area contributed by atoms with Gasteiger partial charge >= 0.3 is 11.9 Å². The van der Waals surface area contributed by atoms with Gasteiger partial charge in [-0.2, -0.15) is 0 Å². The van der Waals surface area contributed by atoms with Crippen molar-refractivity contribution in [1.82, 2.24) is 4.90 Å². The van der Waals surface area contributed by atoms with Crippen molar-refractivity contribution < 1.29 is 24.6 Å². The largest absolute Gasteiger partial charge is 0.478 e. The molecule has 220 valence electrons. The van der Waals surface area contributed by atoms with Crippen LogP contribution in [-0.2, 0) is 29.1 Å². The van der Waals surface area contributed by atoms with E-state index < -0.39 is 11.9 Å². The monoisotopic (exact) mass is 568 g/mol. The number of aryl methyl sites for hydroxylation is 1. The lowest BCUT2D eigenvalue weighted by molar-refractivity contribution is -0.134. The topological polar surface area (TPSA) is 98.2 Å². The van der Waals surface area contributed by atoms with Crippen LogP contribution in [0.1, 0.15) is 59.2 Å². The first kappa shape index (κ1) is 30.7. The van der Waals surface area contributed by atoms with Crippen LogP contribution >= 0.6 is 0 Å². The fourth-order valence-electron chi connectivity index (χ4n) is 5.71. The van der Waals surface area contributed by atoms with Gasteiger partial charge in [-0.25, -0.2) is 9.59 Å². The van der Waals surface area contributed by atoms with Crippen LogP contribution in [0.25, 0.3) is 0 Å². The summed E-state index contributed by atoms with van der Waals surface area (Å²) in [6.45, 7) is 5.35. The van der Waals surface area contributed by atoms with Gasteiger partial charge in [0.2, 0.25) is 0 Å². The Bertz CT molecular complexity index is 1330. The molecule has 0 saturated carbocycles. The number of fused-ring (bicyclic) bond motifs is 1. The van der Waals surface area contributed by atoms with E-state index in [-0.39, 0.29) is 0 Å². The highest BCUT2D eigenvalue weighted by molar-refractivity contribution is 5.96. The molecule has 42 heavy (non-hydrogen) atoms. The van der Waals surface area contributed by atoms with Crippen molar-refractivity contribution in [2.24, 2.45) is 5.92 Å². The number of nitrogens with zero attached hydrogens (tertiary/aromatic N) is 2. The maximum Gasteiger partial charge on any atom is 0.328 e. The van der Waals surface area contributed by atoms with Crippen LogP contribution in [0.2, 0.25) is 0 Å². The Morgan fingerprint density at radius 1 is 0.762 bits per heavy atom. The van der Waals surface area contributed by atoms with Gasteiger partial charge in [0.25, 0.3) is 0 Å². The van der Waals surface area contributed by atoms with Crippen molar-refractivity contribution in [3.05, 3.63) is 113 Å². The molecule has 3 aromatic carbocycles. The summed E-state index contributed by atoms with van der Waals surface area (Å²) in [4.78, 5) is 37.2. The van der Waals surface area contributed by atoms with E-state index in [1.165, 1.54) is 35.2 Å². The summed E-state index contributed by atoms with van der Waals surface area (Å²) in [6, 6.07) is 27.8. The van der Waals surface area contributed by atoms with E-state index in [1.54, 1.807) is 0 Å². The van der Waals surface area contributed by atoms with Gasteiger partial charge < -0.3 is 15.1 Å². The number of likely N-dealkylation sites (tertiary alicyclic amines) is 1. The molecule has 1 fully saturated rings.